The maximum atomic E-state index is 5.59. The van der Waals surface area contributed by atoms with Crippen molar-refractivity contribution in [1.29, 1.82) is 0 Å². The Balaban J connectivity index is 1.96. The van der Waals surface area contributed by atoms with Crippen LogP contribution in [0.4, 0.5) is 5.95 Å². The molecule has 1 aromatic rings. The predicted molar refractivity (Wildman–Crippen MR) is 69.9 cm³/mol. The second-order valence-corrected chi connectivity index (χ2v) is 4.95. The summed E-state index contributed by atoms with van der Waals surface area (Å²) in [5.41, 5.74) is 0.908. The minimum atomic E-state index is 0.121. The van der Waals surface area contributed by atoms with Crippen molar-refractivity contribution in [3.8, 4) is 5.88 Å². The average molecular weight is 251 g/mol. The Kier molecular flexibility index (Phi) is 4.36. The van der Waals surface area contributed by atoms with Gasteiger partial charge in [0.15, 0.2) is 0 Å². The predicted octanol–water partition coefficient (Wildman–Crippen LogP) is 2.02. The number of hydrogen-bond acceptors (Lipinski definition) is 5. The van der Waals surface area contributed by atoms with Gasteiger partial charge in [-0.3, -0.25) is 0 Å². The van der Waals surface area contributed by atoms with Gasteiger partial charge in [-0.2, -0.15) is 4.98 Å². The molecule has 1 aliphatic rings. The van der Waals surface area contributed by atoms with Crippen LogP contribution in [0.2, 0.25) is 0 Å². The van der Waals surface area contributed by atoms with E-state index < -0.39 is 0 Å². The minimum Gasteiger partial charge on any atom is -0.475 e. The summed E-state index contributed by atoms with van der Waals surface area (Å²) in [4.78, 5) is 8.71. The van der Waals surface area contributed by atoms with Crippen LogP contribution in [0.15, 0.2) is 6.07 Å². The van der Waals surface area contributed by atoms with Crippen molar-refractivity contribution in [3.05, 3.63) is 11.8 Å². The molecule has 1 aliphatic heterocycles. The molecule has 0 bridgehead atoms. The molecule has 0 amide bonds. The molecule has 2 rings (SSSR count). The van der Waals surface area contributed by atoms with Crippen molar-refractivity contribution >= 4 is 5.95 Å². The summed E-state index contributed by atoms with van der Waals surface area (Å²) >= 11 is 0. The molecule has 5 heteroatoms. The number of aromatic nitrogens is 2. The third kappa shape index (κ3) is 3.84. The zero-order valence-electron chi connectivity index (χ0n) is 11.3. The molecular weight excluding hydrogens is 230 g/mol. The Labute approximate surface area is 108 Å². The van der Waals surface area contributed by atoms with E-state index in [0.29, 0.717) is 17.7 Å². The van der Waals surface area contributed by atoms with Gasteiger partial charge in [0.2, 0.25) is 11.8 Å². The summed E-state index contributed by atoms with van der Waals surface area (Å²) < 4.78 is 10.9. The summed E-state index contributed by atoms with van der Waals surface area (Å²) in [7, 11) is 0. The van der Waals surface area contributed by atoms with Gasteiger partial charge < -0.3 is 14.8 Å². The summed E-state index contributed by atoms with van der Waals surface area (Å²) in [6.45, 7) is 8.46. The third-order valence-electron chi connectivity index (χ3n) is 2.76. The van der Waals surface area contributed by atoms with Crippen LogP contribution in [0, 0.1) is 12.8 Å². The molecule has 0 aliphatic carbocycles. The van der Waals surface area contributed by atoms with Crippen molar-refractivity contribution in [2.75, 3.05) is 25.1 Å². The molecule has 1 fully saturated rings. The van der Waals surface area contributed by atoms with Gasteiger partial charge in [-0.15, -0.1) is 0 Å². The highest BCUT2D eigenvalue weighted by molar-refractivity contribution is 5.30. The van der Waals surface area contributed by atoms with Gasteiger partial charge in [-0.1, -0.05) is 0 Å². The minimum absolute atomic E-state index is 0.121. The molecule has 0 spiro atoms. The van der Waals surface area contributed by atoms with Crippen LogP contribution in [0.5, 0.6) is 5.88 Å². The van der Waals surface area contributed by atoms with E-state index in [2.05, 4.69) is 15.3 Å². The van der Waals surface area contributed by atoms with Gasteiger partial charge in [-0.05, 0) is 27.2 Å². The summed E-state index contributed by atoms with van der Waals surface area (Å²) in [6, 6.07) is 1.85. The molecular formula is C13H21N3O2. The van der Waals surface area contributed by atoms with Gasteiger partial charge in [0.05, 0.1) is 12.7 Å². The topological polar surface area (TPSA) is 56.3 Å². The van der Waals surface area contributed by atoms with E-state index in [9.17, 15) is 0 Å². The fourth-order valence-electron chi connectivity index (χ4n) is 1.90. The number of rotatable bonds is 5. The van der Waals surface area contributed by atoms with E-state index in [1.165, 1.54) is 0 Å². The maximum absolute atomic E-state index is 5.59. The lowest BCUT2D eigenvalue weighted by atomic mass is 10.1. The normalized spacial score (nSPS) is 19.2. The Morgan fingerprint density at radius 2 is 2.33 bits per heavy atom. The maximum Gasteiger partial charge on any atom is 0.226 e. The number of nitrogens with one attached hydrogen (secondary N) is 1. The third-order valence-corrected chi connectivity index (χ3v) is 2.76. The molecule has 2 heterocycles. The largest absolute Gasteiger partial charge is 0.475 e. The number of hydrogen-bond donors (Lipinski definition) is 1. The van der Waals surface area contributed by atoms with Crippen LogP contribution < -0.4 is 10.1 Å². The molecule has 5 nitrogen and oxygen atoms in total. The number of nitrogens with zero attached hydrogens (tertiary/aromatic N) is 2. The summed E-state index contributed by atoms with van der Waals surface area (Å²) in [6.07, 6.45) is 1.23. The first kappa shape index (κ1) is 13.1. The highest BCUT2D eigenvalue weighted by Gasteiger charge is 2.15. The lowest BCUT2D eigenvalue weighted by Crippen LogP contribution is -2.16. The second-order valence-electron chi connectivity index (χ2n) is 4.95. The van der Waals surface area contributed by atoms with Crippen molar-refractivity contribution in [3.63, 3.8) is 0 Å². The number of anilines is 1. The van der Waals surface area contributed by atoms with Gasteiger partial charge in [0, 0.05) is 30.8 Å². The smallest absolute Gasteiger partial charge is 0.226 e. The molecule has 1 N–H and O–H groups in total. The molecule has 0 saturated carbocycles. The van der Waals surface area contributed by atoms with E-state index in [1.807, 2.05) is 26.8 Å². The van der Waals surface area contributed by atoms with Crippen LogP contribution in [-0.4, -0.2) is 35.8 Å². The van der Waals surface area contributed by atoms with Crippen molar-refractivity contribution < 1.29 is 9.47 Å². The molecule has 0 aromatic carbocycles. The van der Waals surface area contributed by atoms with E-state index in [-0.39, 0.29) is 6.10 Å². The zero-order chi connectivity index (χ0) is 13.0. The lowest BCUT2D eigenvalue weighted by Gasteiger charge is -2.13. The lowest BCUT2D eigenvalue weighted by molar-refractivity contribution is 0.187. The van der Waals surface area contributed by atoms with Crippen molar-refractivity contribution in [2.24, 2.45) is 5.92 Å². The molecule has 1 saturated heterocycles. The Bertz CT molecular complexity index is 390. The summed E-state index contributed by atoms with van der Waals surface area (Å²) in [5.74, 6) is 1.82. The second kappa shape index (κ2) is 6.00. The molecule has 100 valence electrons. The van der Waals surface area contributed by atoms with E-state index in [4.69, 9.17) is 9.47 Å². The van der Waals surface area contributed by atoms with Crippen molar-refractivity contribution in [1.82, 2.24) is 9.97 Å². The highest BCUT2D eigenvalue weighted by atomic mass is 16.5. The van der Waals surface area contributed by atoms with Crippen LogP contribution in [-0.2, 0) is 4.74 Å². The molecule has 0 radical (unpaired) electrons. The SMILES string of the molecule is Cc1cc(OC(C)C)nc(NCC2CCOC2)n1. The monoisotopic (exact) mass is 251 g/mol. The standard InChI is InChI=1S/C13H21N3O2/c1-9(2)18-12-6-10(3)15-13(16-12)14-7-11-4-5-17-8-11/h6,9,11H,4-5,7-8H2,1-3H3,(H,14,15,16). The quantitative estimate of drug-likeness (QED) is 0.867. The van der Waals surface area contributed by atoms with Gasteiger partial charge in [0.1, 0.15) is 0 Å². The van der Waals surface area contributed by atoms with Crippen molar-refractivity contribution in [2.45, 2.75) is 33.3 Å². The molecule has 1 aromatic heterocycles. The number of aryl methyl sites for hydroxylation is 1. The van der Waals surface area contributed by atoms with Gasteiger partial charge in [0.25, 0.3) is 0 Å². The van der Waals surface area contributed by atoms with Gasteiger partial charge in [-0.25, -0.2) is 4.98 Å². The first-order valence-electron chi connectivity index (χ1n) is 6.47. The molecule has 1 atom stereocenters. The van der Waals surface area contributed by atoms with Crippen LogP contribution in [0.1, 0.15) is 26.0 Å². The fourth-order valence-corrected chi connectivity index (χ4v) is 1.90. The Hall–Kier alpha value is -1.36. The first-order valence-corrected chi connectivity index (χ1v) is 6.47. The molecule has 1 unspecified atom stereocenters. The van der Waals surface area contributed by atoms with E-state index in [1.54, 1.807) is 0 Å². The van der Waals surface area contributed by atoms with Crippen LogP contribution in [0.3, 0.4) is 0 Å². The average Bonchev–Trinajstić information content (AvgIpc) is 2.77. The summed E-state index contributed by atoms with van der Waals surface area (Å²) in [5, 5.41) is 3.26. The first-order chi connectivity index (χ1) is 8.63. The Morgan fingerprint density at radius 1 is 1.50 bits per heavy atom. The zero-order valence-corrected chi connectivity index (χ0v) is 11.3. The van der Waals surface area contributed by atoms with E-state index in [0.717, 1.165) is 31.9 Å². The van der Waals surface area contributed by atoms with Crippen LogP contribution in [0.25, 0.3) is 0 Å². The number of ether oxygens (including phenoxy) is 2. The van der Waals surface area contributed by atoms with Gasteiger partial charge >= 0.3 is 0 Å². The highest BCUT2D eigenvalue weighted by Crippen LogP contribution is 2.16. The van der Waals surface area contributed by atoms with Crippen LogP contribution >= 0.6 is 0 Å². The Morgan fingerprint density at radius 3 is 3.00 bits per heavy atom. The van der Waals surface area contributed by atoms with E-state index >= 15 is 0 Å². The molecule has 18 heavy (non-hydrogen) atoms. The fraction of sp³-hybridized carbons (Fsp3) is 0.692.